The normalized spacial score (nSPS) is 12.7. The van der Waals surface area contributed by atoms with Crippen molar-refractivity contribution in [3.05, 3.63) is 55.9 Å². The van der Waals surface area contributed by atoms with Gasteiger partial charge in [0.2, 0.25) is 0 Å². The van der Waals surface area contributed by atoms with Crippen LogP contribution in [0.15, 0.2) is 34.8 Å². The van der Waals surface area contributed by atoms with E-state index in [1.165, 1.54) is 10.9 Å². The van der Waals surface area contributed by atoms with E-state index in [0.717, 1.165) is 11.3 Å². The van der Waals surface area contributed by atoms with Gasteiger partial charge in [0.05, 0.1) is 6.10 Å². The Morgan fingerprint density at radius 1 is 1.28 bits per heavy atom. The van der Waals surface area contributed by atoms with Crippen LogP contribution in [-0.2, 0) is 12.8 Å². The maximum Gasteiger partial charge on any atom is 0.130 e. The minimum absolute atomic E-state index is 0.337. The van der Waals surface area contributed by atoms with E-state index in [2.05, 4.69) is 28.9 Å². The molecule has 96 valence electrons. The molecule has 18 heavy (non-hydrogen) atoms. The molecule has 1 N–H and O–H groups in total. The average molecular weight is 329 g/mol. The highest BCUT2D eigenvalue weighted by atomic mass is 79.9. The fourth-order valence-corrected chi connectivity index (χ4v) is 3.44. The van der Waals surface area contributed by atoms with Crippen LogP contribution in [0, 0.1) is 5.82 Å². The minimum atomic E-state index is -0.816. The molecule has 1 aromatic carbocycles. The van der Waals surface area contributed by atoms with Gasteiger partial charge in [0, 0.05) is 26.2 Å². The van der Waals surface area contributed by atoms with Crippen LogP contribution >= 0.6 is 27.3 Å². The molecule has 0 bridgehead atoms. The van der Waals surface area contributed by atoms with Gasteiger partial charge >= 0.3 is 0 Å². The number of hydrogen-bond acceptors (Lipinski definition) is 2. The van der Waals surface area contributed by atoms with E-state index >= 15 is 0 Å². The Hall–Kier alpha value is -0.710. The van der Waals surface area contributed by atoms with Gasteiger partial charge in [-0.1, -0.05) is 28.9 Å². The van der Waals surface area contributed by atoms with E-state index < -0.39 is 6.10 Å². The van der Waals surface area contributed by atoms with E-state index in [1.807, 2.05) is 6.07 Å². The lowest BCUT2D eigenvalue weighted by atomic mass is 10.1. The number of aliphatic hydroxyl groups excluding tert-OH is 1. The molecule has 0 saturated heterocycles. The van der Waals surface area contributed by atoms with Crippen molar-refractivity contribution in [1.29, 1.82) is 0 Å². The zero-order valence-corrected chi connectivity index (χ0v) is 12.4. The predicted molar refractivity (Wildman–Crippen MR) is 76.5 cm³/mol. The monoisotopic (exact) mass is 328 g/mol. The van der Waals surface area contributed by atoms with Gasteiger partial charge in [-0.15, -0.1) is 11.3 Å². The molecular weight excluding hydrogens is 315 g/mol. The largest absolute Gasteiger partial charge is 0.388 e. The van der Waals surface area contributed by atoms with E-state index in [1.54, 1.807) is 23.5 Å². The van der Waals surface area contributed by atoms with Crippen LogP contribution in [0.3, 0.4) is 0 Å². The third kappa shape index (κ3) is 2.99. The van der Waals surface area contributed by atoms with Crippen molar-refractivity contribution in [3.8, 4) is 0 Å². The maximum absolute atomic E-state index is 13.7. The molecular formula is C14H14BrFOS. The Morgan fingerprint density at radius 3 is 2.61 bits per heavy atom. The lowest BCUT2D eigenvalue weighted by Crippen LogP contribution is -2.04. The second-order valence-corrected chi connectivity index (χ2v) is 6.18. The first-order valence-electron chi connectivity index (χ1n) is 5.81. The van der Waals surface area contributed by atoms with Crippen molar-refractivity contribution in [3.63, 3.8) is 0 Å². The summed E-state index contributed by atoms with van der Waals surface area (Å²) in [6.45, 7) is 2.10. The number of thiophene rings is 1. The van der Waals surface area contributed by atoms with Crippen LogP contribution < -0.4 is 0 Å². The first-order valence-corrected chi connectivity index (χ1v) is 7.42. The van der Waals surface area contributed by atoms with Gasteiger partial charge in [-0.2, -0.15) is 0 Å². The van der Waals surface area contributed by atoms with Gasteiger partial charge < -0.3 is 5.11 Å². The van der Waals surface area contributed by atoms with Crippen LogP contribution in [0.2, 0.25) is 0 Å². The molecule has 2 rings (SSSR count). The number of hydrogen-bond donors (Lipinski definition) is 1. The molecule has 1 unspecified atom stereocenters. The van der Waals surface area contributed by atoms with Crippen molar-refractivity contribution in [2.24, 2.45) is 0 Å². The zero-order chi connectivity index (χ0) is 13.1. The van der Waals surface area contributed by atoms with Crippen LogP contribution in [0.25, 0.3) is 0 Å². The number of rotatable bonds is 4. The Labute approximate surface area is 118 Å². The van der Waals surface area contributed by atoms with Gasteiger partial charge in [0.1, 0.15) is 5.82 Å². The fraction of sp³-hybridized carbons (Fsp3) is 0.286. The molecule has 1 aromatic heterocycles. The van der Waals surface area contributed by atoms with Gasteiger partial charge in [-0.05, 0) is 30.7 Å². The second-order valence-electron chi connectivity index (χ2n) is 4.08. The Kier molecular flexibility index (Phi) is 4.54. The summed E-state index contributed by atoms with van der Waals surface area (Å²) in [5, 5.41) is 10.2. The van der Waals surface area contributed by atoms with Crippen molar-refractivity contribution in [2.75, 3.05) is 0 Å². The van der Waals surface area contributed by atoms with Crippen molar-refractivity contribution >= 4 is 27.3 Å². The molecule has 0 radical (unpaired) electrons. The fourth-order valence-electron chi connectivity index (χ4n) is 1.84. The summed E-state index contributed by atoms with van der Waals surface area (Å²) in [4.78, 5) is 2.36. The molecule has 0 spiro atoms. The van der Waals surface area contributed by atoms with Gasteiger partial charge in [-0.3, -0.25) is 0 Å². The first-order chi connectivity index (χ1) is 8.61. The van der Waals surface area contributed by atoms with E-state index in [4.69, 9.17) is 0 Å². The Morgan fingerprint density at radius 2 is 2.00 bits per heavy atom. The summed E-state index contributed by atoms with van der Waals surface area (Å²) in [6.07, 6.45) is 0.623. The molecule has 1 atom stereocenters. The zero-order valence-electron chi connectivity index (χ0n) is 9.99. The van der Waals surface area contributed by atoms with Gasteiger partial charge in [0.25, 0.3) is 0 Å². The molecule has 4 heteroatoms. The third-order valence-electron chi connectivity index (χ3n) is 2.79. The lowest BCUT2D eigenvalue weighted by Gasteiger charge is -2.12. The molecule has 1 heterocycles. The molecule has 0 aliphatic carbocycles. The number of aliphatic hydroxyl groups is 1. The standard InChI is InChI=1S/C14H14BrFOS/c1-2-9-6-7-10(18-9)8-13(17)14-11(15)4-3-5-12(14)16/h3-7,13,17H,2,8H2,1H3. The highest BCUT2D eigenvalue weighted by Gasteiger charge is 2.17. The summed E-state index contributed by atoms with van der Waals surface area (Å²) < 4.78 is 14.3. The van der Waals surface area contributed by atoms with Crippen LogP contribution in [0.1, 0.15) is 28.3 Å². The predicted octanol–water partition coefficient (Wildman–Crippen LogP) is 4.49. The van der Waals surface area contributed by atoms with E-state index in [0.29, 0.717) is 16.5 Å². The van der Waals surface area contributed by atoms with Crippen LogP contribution in [-0.4, -0.2) is 5.11 Å². The molecule has 0 saturated carbocycles. The average Bonchev–Trinajstić information content (AvgIpc) is 2.76. The summed E-state index contributed by atoms with van der Waals surface area (Å²) in [7, 11) is 0. The Bertz CT molecular complexity index is 518. The third-order valence-corrected chi connectivity index (χ3v) is 4.74. The summed E-state index contributed by atoms with van der Waals surface area (Å²) >= 11 is 4.95. The molecule has 1 nitrogen and oxygen atoms in total. The topological polar surface area (TPSA) is 20.2 Å². The van der Waals surface area contributed by atoms with Gasteiger partial charge in [0.15, 0.2) is 0 Å². The van der Waals surface area contributed by atoms with E-state index in [-0.39, 0.29) is 5.82 Å². The molecule has 0 aliphatic heterocycles. The minimum Gasteiger partial charge on any atom is -0.388 e. The highest BCUT2D eigenvalue weighted by molar-refractivity contribution is 9.10. The Balaban J connectivity index is 2.19. The SMILES string of the molecule is CCc1ccc(CC(O)c2c(F)cccc2Br)s1. The smallest absolute Gasteiger partial charge is 0.130 e. The summed E-state index contributed by atoms with van der Waals surface area (Å²) in [5.74, 6) is -0.371. The van der Waals surface area contributed by atoms with E-state index in [9.17, 15) is 9.50 Å². The highest BCUT2D eigenvalue weighted by Crippen LogP contribution is 2.30. The quantitative estimate of drug-likeness (QED) is 0.876. The van der Waals surface area contributed by atoms with Crippen LogP contribution in [0.5, 0.6) is 0 Å². The summed E-state index contributed by atoms with van der Waals surface area (Å²) in [6, 6.07) is 8.79. The first kappa shape index (κ1) is 13.7. The molecule has 0 amide bonds. The number of aryl methyl sites for hydroxylation is 1. The second kappa shape index (κ2) is 5.95. The lowest BCUT2D eigenvalue weighted by molar-refractivity contribution is 0.173. The number of halogens is 2. The molecule has 0 fully saturated rings. The molecule has 2 aromatic rings. The van der Waals surface area contributed by atoms with Gasteiger partial charge in [-0.25, -0.2) is 4.39 Å². The van der Waals surface area contributed by atoms with Crippen molar-refractivity contribution in [2.45, 2.75) is 25.9 Å². The summed E-state index contributed by atoms with van der Waals surface area (Å²) in [5.41, 5.74) is 0.337. The molecule has 0 aliphatic rings. The maximum atomic E-state index is 13.7. The van der Waals surface area contributed by atoms with Crippen LogP contribution in [0.4, 0.5) is 4.39 Å². The van der Waals surface area contributed by atoms with Crippen molar-refractivity contribution < 1.29 is 9.50 Å². The van der Waals surface area contributed by atoms with Crippen molar-refractivity contribution in [1.82, 2.24) is 0 Å². The number of benzene rings is 1.